The fraction of sp³-hybridized carbons (Fsp3) is 0.429. The van der Waals surface area contributed by atoms with Crippen LogP contribution < -0.4 is 0 Å². The Labute approximate surface area is 127 Å². The van der Waals surface area contributed by atoms with Crippen LogP contribution in [0.5, 0.6) is 0 Å². The normalized spacial score (nSPS) is 15.2. The lowest BCUT2D eigenvalue weighted by atomic mass is 10.3. The molecule has 0 radical (unpaired) electrons. The van der Waals surface area contributed by atoms with E-state index in [1.807, 2.05) is 27.7 Å². The van der Waals surface area contributed by atoms with Gasteiger partial charge in [-0.05, 0) is 43.3 Å². The van der Waals surface area contributed by atoms with Crippen molar-refractivity contribution < 1.29 is 4.79 Å². The minimum Gasteiger partial charge on any atom is -0.343 e. The maximum Gasteiger partial charge on any atom is 0.224 e. The molecule has 3 rings (SSSR count). The molecule has 1 amide bonds. The van der Waals surface area contributed by atoms with E-state index in [1.165, 1.54) is 0 Å². The zero-order valence-electron chi connectivity index (χ0n) is 11.1. The summed E-state index contributed by atoms with van der Waals surface area (Å²) in [5, 5.41) is 0.672. The first-order chi connectivity index (χ1) is 9.65. The summed E-state index contributed by atoms with van der Waals surface area (Å²) in [6, 6.07) is 5.62. The number of aryl methyl sites for hydroxylation is 1. The molecule has 1 aromatic heterocycles. The van der Waals surface area contributed by atoms with E-state index >= 15 is 0 Å². The predicted molar refractivity (Wildman–Crippen MR) is 82.6 cm³/mol. The van der Waals surface area contributed by atoms with E-state index in [0.717, 1.165) is 37.0 Å². The van der Waals surface area contributed by atoms with Gasteiger partial charge in [0.1, 0.15) is 0 Å². The van der Waals surface area contributed by atoms with Crippen LogP contribution in [-0.2, 0) is 11.3 Å². The van der Waals surface area contributed by atoms with Crippen LogP contribution >= 0.6 is 23.8 Å². The Balaban J connectivity index is 1.80. The van der Waals surface area contributed by atoms with Crippen molar-refractivity contribution in [2.45, 2.75) is 25.8 Å². The van der Waals surface area contributed by atoms with Gasteiger partial charge >= 0.3 is 0 Å². The summed E-state index contributed by atoms with van der Waals surface area (Å²) in [7, 11) is 0. The Bertz CT molecular complexity index is 700. The van der Waals surface area contributed by atoms with Gasteiger partial charge in [-0.1, -0.05) is 11.6 Å². The van der Waals surface area contributed by atoms with E-state index < -0.39 is 0 Å². The number of aromatic amines is 1. The maximum absolute atomic E-state index is 12.1. The molecular formula is C14H16ClN3OS. The van der Waals surface area contributed by atoms with E-state index in [2.05, 4.69) is 4.98 Å². The van der Waals surface area contributed by atoms with Gasteiger partial charge in [0.05, 0.1) is 11.0 Å². The van der Waals surface area contributed by atoms with Gasteiger partial charge in [0, 0.05) is 31.1 Å². The summed E-state index contributed by atoms with van der Waals surface area (Å²) in [4.78, 5) is 17.2. The second kappa shape index (κ2) is 5.58. The summed E-state index contributed by atoms with van der Waals surface area (Å²) in [6.07, 6.45) is 2.72. The van der Waals surface area contributed by atoms with Gasteiger partial charge in [-0.15, -0.1) is 0 Å². The van der Waals surface area contributed by atoms with Crippen molar-refractivity contribution in [1.82, 2.24) is 14.5 Å². The number of carbonyl (C=O) groups is 1. The molecule has 4 nitrogen and oxygen atoms in total. The number of hydrogen-bond acceptors (Lipinski definition) is 2. The van der Waals surface area contributed by atoms with Crippen LogP contribution in [0.15, 0.2) is 18.2 Å². The maximum atomic E-state index is 12.1. The lowest BCUT2D eigenvalue weighted by Crippen LogP contribution is -2.28. The minimum atomic E-state index is 0.209. The third-order valence-corrected chi connectivity index (χ3v) is 4.30. The quantitative estimate of drug-likeness (QED) is 0.883. The lowest BCUT2D eigenvalue weighted by Gasteiger charge is -2.15. The van der Waals surface area contributed by atoms with Gasteiger partial charge in [-0.25, -0.2) is 0 Å². The molecule has 20 heavy (non-hydrogen) atoms. The fourth-order valence-electron chi connectivity index (χ4n) is 2.68. The van der Waals surface area contributed by atoms with Crippen molar-refractivity contribution in [2.24, 2.45) is 0 Å². The monoisotopic (exact) mass is 309 g/mol. The smallest absolute Gasteiger partial charge is 0.224 e. The number of likely N-dealkylation sites (tertiary alicyclic amines) is 1. The number of amides is 1. The first-order valence-electron chi connectivity index (χ1n) is 6.81. The highest BCUT2D eigenvalue weighted by molar-refractivity contribution is 7.71. The SMILES string of the molecule is O=C(CCn1c(=S)[nH]c2ccc(Cl)cc21)N1CCCC1. The third kappa shape index (κ3) is 2.60. The number of carbonyl (C=O) groups excluding carboxylic acids is 1. The molecule has 2 heterocycles. The van der Waals surface area contributed by atoms with Crippen molar-refractivity contribution in [3.05, 3.63) is 28.0 Å². The van der Waals surface area contributed by atoms with E-state index in [1.54, 1.807) is 0 Å². The van der Waals surface area contributed by atoms with Gasteiger partial charge in [0.25, 0.3) is 0 Å². The van der Waals surface area contributed by atoms with Gasteiger partial charge in [0.15, 0.2) is 4.77 Å². The van der Waals surface area contributed by atoms with Crippen molar-refractivity contribution in [2.75, 3.05) is 13.1 Å². The zero-order valence-corrected chi connectivity index (χ0v) is 12.6. The number of rotatable bonds is 3. The molecule has 1 aromatic carbocycles. The Morgan fingerprint density at radius 1 is 1.35 bits per heavy atom. The van der Waals surface area contributed by atoms with E-state index in [-0.39, 0.29) is 5.91 Å². The molecule has 2 aromatic rings. The van der Waals surface area contributed by atoms with E-state index in [9.17, 15) is 4.79 Å². The average molecular weight is 310 g/mol. The lowest BCUT2D eigenvalue weighted by molar-refractivity contribution is -0.130. The Hall–Kier alpha value is -1.33. The molecule has 0 saturated carbocycles. The molecule has 0 atom stereocenters. The van der Waals surface area contributed by atoms with Gasteiger partial charge in [0.2, 0.25) is 5.91 Å². The molecule has 0 aliphatic carbocycles. The molecular weight excluding hydrogens is 294 g/mol. The first-order valence-corrected chi connectivity index (χ1v) is 7.59. The number of halogens is 1. The van der Waals surface area contributed by atoms with Crippen LogP contribution in [0.2, 0.25) is 5.02 Å². The zero-order chi connectivity index (χ0) is 14.1. The second-order valence-corrected chi connectivity index (χ2v) is 5.90. The number of aromatic nitrogens is 2. The molecule has 1 N–H and O–H groups in total. The number of benzene rings is 1. The van der Waals surface area contributed by atoms with Crippen molar-refractivity contribution >= 4 is 40.8 Å². The molecule has 1 saturated heterocycles. The van der Waals surface area contributed by atoms with E-state index in [4.69, 9.17) is 23.8 Å². The summed E-state index contributed by atoms with van der Waals surface area (Å²) < 4.78 is 2.58. The number of hydrogen-bond donors (Lipinski definition) is 1. The first kappa shape index (κ1) is 13.6. The summed E-state index contributed by atoms with van der Waals surface area (Å²) in [5.41, 5.74) is 1.91. The molecule has 106 valence electrons. The van der Waals surface area contributed by atoms with Gasteiger partial charge in [-0.3, -0.25) is 4.79 Å². The predicted octanol–water partition coefficient (Wildman–Crippen LogP) is 3.36. The van der Waals surface area contributed by atoms with E-state index in [0.29, 0.717) is 22.8 Å². The number of nitrogens with zero attached hydrogens (tertiary/aromatic N) is 2. The summed E-state index contributed by atoms with van der Waals surface area (Å²) in [5.74, 6) is 0.209. The number of nitrogens with one attached hydrogen (secondary N) is 1. The molecule has 1 aliphatic heterocycles. The van der Waals surface area contributed by atoms with Gasteiger partial charge < -0.3 is 14.5 Å². The van der Waals surface area contributed by atoms with Crippen LogP contribution in [0, 0.1) is 4.77 Å². The standard InChI is InChI=1S/C14H16ClN3OS/c15-10-3-4-11-12(9-10)18(14(20)16-11)8-5-13(19)17-6-1-2-7-17/h3-4,9H,1-2,5-8H2,(H,16,20). The largest absolute Gasteiger partial charge is 0.343 e. The summed E-state index contributed by atoms with van der Waals surface area (Å²) in [6.45, 7) is 2.38. The molecule has 0 spiro atoms. The highest BCUT2D eigenvalue weighted by Gasteiger charge is 2.17. The summed E-state index contributed by atoms with van der Waals surface area (Å²) >= 11 is 11.4. The molecule has 0 unspecified atom stereocenters. The van der Waals surface area contributed by atoms with Gasteiger partial charge in [-0.2, -0.15) is 0 Å². The molecule has 6 heteroatoms. The fourth-order valence-corrected chi connectivity index (χ4v) is 3.15. The van der Waals surface area contributed by atoms with Crippen molar-refractivity contribution in [3.63, 3.8) is 0 Å². The highest BCUT2D eigenvalue weighted by atomic mass is 35.5. The minimum absolute atomic E-state index is 0.209. The molecule has 0 bridgehead atoms. The molecule has 1 aliphatic rings. The van der Waals surface area contributed by atoms with Crippen LogP contribution in [0.1, 0.15) is 19.3 Å². The number of imidazole rings is 1. The van der Waals surface area contributed by atoms with Crippen LogP contribution in [0.25, 0.3) is 11.0 Å². The Kier molecular flexibility index (Phi) is 3.81. The molecule has 1 fully saturated rings. The topological polar surface area (TPSA) is 41.0 Å². The van der Waals surface area contributed by atoms with Crippen molar-refractivity contribution in [1.29, 1.82) is 0 Å². The average Bonchev–Trinajstić information content (AvgIpc) is 3.04. The highest BCUT2D eigenvalue weighted by Crippen LogP contribution is 2.20. The second-order valence-electron chi connectivity index (χ2n) is 5.08. The van der Waals surface area contributed by atoms with Crippen LogP contribution in [-0.4, -0.2) is 33.4 Å². The van der Waals surface area contributed by atoms with Crippen LogP contribution in [0.4, 0.5) is 0 Å². The van der Waals surface area contributed by atoms with Crippen LogP contribution in [0.3, 0.4) is 0 Å². The Morgan fingerprint density at radius 3 is 2.85 bits per heavy atom. The number of H-pyrrole nitrogens is 1. The van der Waals surface area contributed by atoms with Crippen molar-refractivity contribution in [3.8, 4) is 0 Å². The number of fused-ring (bicyclic) bond motifs is 1. The third-order valence-electron chi connectivity index (χ3n) is 3.75. The Morgan fingerprint density at radius 2 is 2.10 bits per heavy atom.